The summed E-state index contributed by atoms with van der Waals surface area (Å²) in [5.74, 6) is 0.452. The maximum absolute atomic E-state index is 11.8. The second kappa shape index (κ2) is 4.43. The number of ether oxygens (including phenoxy) is 1. The molecule has 0 fully saturated rings. The predicted octanol–water partition coefficient (Wildman–Crippen LogP) is 3.49. The second-order valence-electron chi connectivity index (χ2n) is 4.54. The number of hydrogen-bond donors (Lipinski definition) is 0. The summed E-state index contributed by atoms with van der Waals surface area (Å²) in [5.41, 5.74) is 3.36. The summed E-state index contributed by atoms with van der Waals surface area (Å²) in [6, 6.07) is 7.93. The molecule has 1 aliphatic carbocycles. The fourth-order valence-electron chi connectivity index (χ4n) is 2.48. The number of hydrogen-bond acceptors (Lipinski definition) is 3. The molecule has 1 heterocycles. The molecule has 3 heteroatoms. The predicted molar refractivity (Wildman–Crippen MR) is 73.7 cm³/mol. The molecule has 0 aliphatic heterocycles. The number of fused-ring (bicyclic) bond motifs is 3. The van der Waals surface area contributed by atoms with Crippen molar-refractivity contribution < 1.29 is 13.9 Å². The fraction of sp³-hybridized carbons (Fsp3) is 0.188. The molecule has 2 aromatic rings. The van der Waals surface area contributed by atoms with Crippen molar-refractivity contribution in [1.29, 1.82) is 0 Å². The van der Waals surface area contributed by atoms with Crippen LogP contribution in [0.5, 0.6) is 0 Å². The van der Waals surface area contributed by atoms with Gasteiger partial charge in [-0.3, -0.25) is 0 Å². The summed E-state index contributed by atoms with van der Waals surface area (Å²) in [5, 5.41) is 1.10. The van der Waals surface area contributed by atoms with E-state index in [2.05, 4.69) is 0 Å². The first-order valence-electron chi connectivity index (χ1n) is 6.19. The Balaban J connectivity index is 2.28. The lowest BCUT2D eigenvalue weighted by Gasteiger charge is -2.03. The van der Waals surface area contributed by atoms with E-state index < -0.39 is 0 Å². The third-order valence-electron chi connectivity index (χ3n) is 3.45. The lowest BCUT2D eigenvalue weighted by Crippen LogP contribution is -2.04. The van der Waals surface area contributed by atoms with Gasteiger partial charge in [0.05, 0.1) is 12.7 Å². The monoisotopic (exact) mass is 254 g/mol. The summed E-state index contributed by atoms with van der Waals surface area (Å²) >= 11 is 0. The van der Waals surface area contributed by atoms with Crippen LogP contribution >= 0.6 is 0 Å². The normalized spacial score (nSPS) is 14.4. The molecule has 0 saturated carbocycles. The molecule has 19 heavy (non-hydrogen) atoms. The maximum Gasteiger partial charge on any atom is 0.338 e. The minimum Gasteiger partial charge on any atom is -0.465 e. The van der Waals surface area contributed by atoms with Crippen molar-refractivity contribution in [2.24, 2.45) is 0 Å². The van der Waals surface area contributed by atoms with Crippen LogP contribution in [0.4, 0.5) is 0 Å². The Morgan fingerprint density at radius 1 is 1.32 bits per heavy atom. The molecule has 0 unspecified atom stereocenters. The lowest BCUT2D eigenvalue weighted by molar-refractivity contribution is -0.135. The van der Waals surface area contributed by atoms with E-state index >= 15 is 0 Å². The van der Waals surface area contributed by atoms with Gasteiger partial charge in [0, 0.05) is 16.5 Å². The molecule has 0 radical (unpaired) electrons. The van der Waals surface area contributed by atoms with Gasteiger partial charge in [-0.15, -0.1) is 0 Å². The van der Waals surface area contributed by atoms with Gasteiger partial charge in [-0.25, -0.2) is 4.79 Å². The van der Waals surface area contributed by atoms with Crippen molar-refractivity contribution in [3.8, 4) is 0 Å². The van der Waals surface area contributed by atoms with Gasteiger partial charge >= 0.3 is 5.97 Å². The highest BCUT2D eigenvalue weighted by molar-refractivity contribution is 6.01. The van der Waals surface area contributed by atoms with Gasteiger partial charge in [-0.2, -0.15) is 0 Å². The van der Waals surface area contributed by atoms with Gasteiger partial charge in [-0.05, 0) is 19.4 Å². The summed E-state index contributed by atoms with van der Waals surface area (Å²) in [7, 11) is 1.39. The van der Waals surface area contributed by atoms with E-state index in [4.69, 9.17) is 9.15 Å². The number of methoxy groups -OCH3 is 1. The Morgan fingerprint density at radius 2 is 2.11 bits per heavy atom. The number of carbonyl (C=O) groups is 1. The first kappa shape index (κ1) is 11.8. The number of esters is 1. The Labute approximate surface area is 111 Å². The van der Waals surface area contributed by atoms with E-state index in [9.17, 15) is 4.79 Å². The van der Waals surface area contributed by atoms with Crippen LogP contribution in [-0.2, 0) is 16.0 Å². The highest BCUT2D eigenvalue weighted by Crippen LogP contribution is 2.34. The summed E-state index contributed by atoms with van der Waals surface area (Å²) in [4.78, 5) is 11.8. The summed E-state index contributed by atoms with van der Waals surface area (Å²) in [6.45, 7) is 1.89. The molecule has 3 nitrogen and oxygen atoms in total. The molecular formula is C16H14O3. The average Bonchev–Trinajstić information content (AvgIpc) is 2.73. The number of para-hydroxylation sites is 1. The third kappa shape index (κ3) is 1.78. The van der Waals surface area contributed by atoms with Crippen LogP contribution in [0.25, 0.3) is 16.5 Å². The Morgan fingerprint density at radius 3 is 2.89 bits per heavy atom. The highest BCUT2D eigenvalue weighted by atomic mass is 16.5. The van der Waals surface area contributed by atoms with Crippen molar-refractivity contribution in [3.63, 3.8) is 0 Å². The topological polar surface area (TPSA) is 39.4 Å². The van der Waals surface area contributed by atoms with Gasteiger partial charge < -0.3 is 9.15 Å². The molecule has 0 spiro atoms. The van der Waals surface area contributed by atoms with Crippen molar-refractivity contribution >= 4 is 22.5 Å². The zero-order chi connectivity index (χ0) is 13.4. The van der Waals surface area contributed by atoms with Crippen LogP contribution in [0.1, 0.15) is 18.2 Å². The summed E-state index contributed by atoms with van der Waals surface area (Å²) in [6.07, 6.45) is 4.54. The highest BCUT2D eigenvalue weighted by Gasteiger charge is 2.21. The van der Waals surface area contributed by atoms with Crippen LogP contribution < -0.4 is 0 Å². The van der Waals surface area contributed by atoms with Crippen molar-refractivity contribution in [1.82, 2.24) is 0 Å². The van der Waals surface area contributed by atoms with Crippen molar-refractivity contribution in [2.45, 2.75) is 13.3 Å². The molecule has 0 saturated heterocycles. The van der Waals surface area contributed by atoms with E-state index in [-0.39, 0.29) is 5.97 Å². The molecule has 0 amide bonds. The van der Waals surface area contributed by atoms with Gasteiger partial charge in [-0.1, -0.05) is 30.4 Å². The van der Waals surface area contributed by atoms with Gasteiger partial charge in [0.15, 0.2) is 0 Å². The second-order valence-corrected chi connectivity index (χ2v) is 4.54. The van der Waals surface area contributed by atoms with E-state index in [1.807, 2.05) is 43.3 Å². The number of carbonyl (C=O) groups excluding carboxylic acids is 1. The quantitative estimate of drug-likeness (QED) is 0.731. The van der Waals surface area contributed by atoms with Crippen LogP contribution in [0.15, 0.2) is 46.4 Å². The Bertz CT molecular complexity index is 717. The molecule has 3 rings (SSSR count). The van der Waals surface area contributed by atoms with Crippen LogP contribution in [0.2, 0.25) is 0 Å². The van der Waals surface area contributed by atoms with Crippen LogP contribution in [0, 0.1) is 0 Å². The number of rotatable bonds is 1. The number of benzene rings is 1. The van der Waals surface area contributed by atoms with Gasteiger partial charge in [0.1, 0.15) is 11.3 Å². The molecule has 1 aromatic carbocycles. The van der Waals surface area contributed by atoms with E-state index in [0.29, 0.717) is 5.57 Å². The lowest BCUT2D eigenvalue weighted by atomic mass is 10.0. The SMILES string of the molecule is COC(=O)C1=C(C)c2oc3ccccc3c2CC=C1. The Kier molecular flexibility index (Phi) is 2.75. The zero-order valence-electron chi connectivity index (χ0n) is 10.9. The largest absolute Gasteiger partial charge is 0.465 e. The molecule has 96 valence electrons. The van der Waals surface area contributed by atoms with Crippen molar-refractivity contribution in [3.05, 3.63) is 53.3 Å². The zero-order valence-corrected chi connectivity index (χ0v) is 10.9. The molecule has 1 aromatic heterocycles. The van der Waals surface area contributed by atoms with Gasteiger partial charge in [0.2, 0.25) is 0 Å². The standard InChI is InChI=1S/C16H14O3/c1-10-11(16(17)18-2)7-5-8-13-12-6-3-4-9-14(12)19-15(10)13/h3-7,9H,8H2,1-2H3. The van der Waals surface area contributed by atoms with Crippen LogP contribution in [-0.4, -0.2) is 13.1 Å². The first-order valence-corrected chi connectivity index (χ1v) is 6.19. The third-order valence-corrected chi connectivity index (χ3v) is 3.45. The summed E-state index contributed by atoms with van der Waals surface area (Å²) < 4.78 is 10.7. The van der Waals surface area contributed by atoms with E-state index in [1.165, 1.54) is 7.11 Å². The molecule has 1 aliphatic rings. The molecule has 0 atom stereocenters. The number of allylic oxidation sites excluding steroid dienone is 2. The minimum atomic E-state index is -0.331. The first-order chi connectivity index (χ1) is 9.22. The maximum atomic E-state index is 11.8. The average molecular weight is 254 g/mol. The molecule has 0 N–H and O–H groups in total. The van der Waals surface area contributed by atoms with Crippen molar-refractivity contribution in [2.75, 3.05) is 7.11 Å². The molecular weight excluding hydrogens is 240 g/mol. The number of furan rings is 1. The van der Waals surface area contributed by atoms with E-state index in [1.54, 1.807) is 0 Å². The Hall–Kier alpha value is -2.29. The van der Waals surface area contributed by atoms with Gasteiger partial charge in [0.25, 0.3) is 0 Å². The minimum absolute atomic E-state index is 0.331. The van der Waals surface area contributed by atoms with Crippen LogP contribution in [0.3, 0.4) is 0 Å². The molecule has 0 bridgehead atoms. The smallest absolute Gasteiger partial charge is 0.338 e. The van der Waals surface area contributed by atoms with E-state index in [0.717, 1.165) is 34.3 Å². The fourth-order valence-corrected chi connectivity index (χ4v) is 2.48.